The van der Waals surface area contributed by atoms with E-state index in [2.05, 4.69) is 10.3 Å². The number of aromatic nitrogens is 1. The molecule has 1 rings (SSSR count). The van der Waals surface area contributed by atoms with Gasteiger partial charge in [-0.05, 0) is 19.8 Å². The summed E-state index contributed by atoms with van der Waals surface area (Å²) in [5.41, 5.74) is 5.35. The van der Waals surface area contributed by atoms with E-state index in [1.807, 2.05) is 27.7 Å². The maximum atomic E-state index is 11.9. The number of carbonyl (C=O) groups excluding carboxylic acids is 1. The zero-order valence-electron chi connectivity index (χ0n) is 10.2. The third-order valence-corrected chi connectivity index (χ3v) is 3.85. The van der Waals surface area contributed by atoms with Gasteiger partial charge in [0.2, 0.25) is 0 Å². The molecule has 0 fully saturated rings. The van der Waals surface area contributed by atoms with E-state index in [0.29, 0.717) is 11.4 Å². The monoisotopic (exact) mass is 241 g/mol. The molecule has 0 aliphatic rings. The minimum absolute atomic E-state index is 0.0905. The van der Waals surface area contributed by atoms with Gasteiger partial charge in [-0.3, -0.25) is 4.79 Å². The molecule has 0 bridgehead atoms. The number of nitrogens with zero attached hydrogens (tertiary/aromatic N) is 1. The molecule has 0 spiro atoms. The van der Waals surface area contributed by atoms with Gasteiger partial charge in [-0.1, -0.05) is 13.8 Å². The first-order valence-electron chi connectivity index (χ1n) is 5.34. The second-order valence-electron chi connectivity index (χ2n) is 4.47. The molecule has 0 aromatic carbocycles. The Labute approximate surface area is 100 Å². The van der Waals surface area contributed by atoms with Gasteiger partial charge in [-0.25, -0.2) is 4.98 Å². The van der Waals surface area contributed by atoms with Crippen molar-refractivity contribution in [3.8, 4) is 0 Å². The fourth-order valence-electron chi connectivity index (χ4n) is 1.22. The highest BCUT2D eigenvalue weighted by atomic mass is 32.1. The van der Waals surface area contributed by atoms with Gasteiger partial charge in [-0.2, -0.15) is 0 Å². The molecular weight excluding hydrogens is 222 g/mol. The zero-order valence-corrected chi connectivity index (χ0v) is 11.0. The van der Waals surface area contributed by atoms with Crippen LogP contribution in [0.15, 0.2) is 6.20 Å². The van der Waals surface area contributed by atoms with Crippen LogP contribution >= 0.6 is 11.3 Å². The molecule has 0 saturated carbocycles. The Morgan fingerprint density at radius 1 is 1.69 bits per heavy atom. The zero-order chi connectivity index (χ0) is 12.3. The number of nitrogens with one attached hydrogen (secondary N) is 1. The third-order valence-electron chi connectivity index (χ3n) is 2.94. The van der Waals surface area contributed by atoms with Crippen molar-refractivity contribution in [3.63, 3.8) is 0 Å². The van der Waals surface area contributed by atoms with Crippen LogP contribution in [0, 0.1) is 12.8 Å². The number of amides is 1. The number of aryl methyl sites for hydroxylation is 1. The molecule has 3 N–H and O–H groups in total. The summed E-state index contributed by atoms with van der Waals surface area (Å²) in [5.74, 6) is 0.197. The van der Waals surface area contributed by atoms with Gasteiger partial charge in [0.1, 0.15) is 4.88 Å². The number of nitrogens with two attached hydrogens (primary N) is 1. The van der Waals surface area contributed by atoms with Crippen LogP contribution in [0.1, 0.15) is 35.5 Å². The van der Waals surface area contributed by atoms with Gasteiger partial charge in [0, 0.05) is 6.54 Å². The van der Waals surface area contributed by atoms with Crippen molar-refractivity contribution in [1.82, 2.24) is 10.3 Å². The maximum Gasteiger partial charge on any atom is 0.263 e. The summed E-state index contributed by atoms with van der Waals surface area (Å²) >= 11 is 1.39. The molecular formula is C11H19N3OS. The number of hydrogen-bond donors (Lipinski definition) is 2. The third kappa shape index (κ3) is 2.80. The molecule has 4 nitrogen and oxygen atoms in total. The van der Waals surface area contributed by atoms with Crippen LogP contribution in [0.4, 0.5) is 0 Å². The van der Waals surface area contributed by atoms with Gasteiger partial charge in [-0.15, -0.1) is 11.3 Å². The minimum Gasteiger partial charge on any atom is -0.345 e. The predicted molar refractivity (Wildman–Crippen MR) is 66.6 cm³/mol. The second-order valence-corrected chi connectivity index (χ2v) is 5.71. The molecule has 1 heterocycles. The Bertz CT molecular complexity index is 375. The Kier molecular flexibility index (Phi) is 4.04. The van der Waals surface area contributed by atoms with E-state index >= 15 is 0 Å². The van der Waals surface area contributed by atoms with Crippen molar-refractivity contribution in [2.24, 2.45) is 11.7 Å². The molecule has 1 unspecified atom stereocenters. The second kappa shape index (κ2) is 4.93. The molecule has 1 aromatic heterocycles. The topological polar surface area (TPSA) is 68.0 Å². The molecule has 5 heteroatoms. The van der Waals surface area contributed by atoms with E-state index in [0.717, 1.165) is 5.01 Å². The smallest absolute Gasteiger partial charge is 0.263 e. The molecule has 1 atom stereocenters. The van der Waals surface area contributed by atoms with E-state index in [1.165, 1.54) is 11.3 Å². The maximum absolute atomic E-state index is 11.9. The van der Waals surface area contributed by atoms with Gasteiger partial charge < -0.3 is 11.1 Å². The summed E-state index contributed by atoms with van der Waals surface area (Å²) < 4.78 is 0. The Morgan fingerprint density at radius 3 is 2.69 bits per heavy atom. The van der Waals surface area contributed by atoms with Crippen LogP contribution in [-0.2, 0) is 0 Å². The van der Waals surface area contributed by atoms with Crippen molar-refractivity contribution in [2.75, 3.05) is 6.54 Å². The van der Waals surface area contributed by atoms with Crippen LogP contribution in [0.3, 0.4) is 0 Å². The lowest BCUT2D eigenvalue weighted by Crippen LogP contribution is -2.54. The number of rotatable bonds is 4. The van der Waals surface area contributed by atoms with Crippen molar-refractivity contribution in [1.29, 1.82) is 0 Å². The highest BCUT2D eigenvalue weighted by Crippen LogP contribution is 2.17. The molecule has 1 amide bonds. The lowest BCUT2D eigenvalue weighted by molar-refractivity contribution is 0.0887. The first-order valence-corrected chi connectivity index (χ1v) is 6.15. The Balaban J connectivity index is 2.77. The van der Waals surface area contributed by atoms with Crippen LogP contribution in [0.5, 0.6) is 0 Å². The SMILES string of the molecule is Cc1ncc(C(=O)NC(C)(CN)C(C)C)s1. The van der Waals surface area contributed by atoms with Crippen LogP contribution < -0.4 is 11.1 Å². The van der Waals surface area contributed by atoms with E-state index in [9.17, 15) is 4.79 Å². The van der Waals surface area contributed by atoms with E-state index in [1.54, 1.807) is 6.20 Å². The highest BCUT2D eigenvalue weighted by Gasteiger charge is 2.29. The summed E-state index contributed by atoms with van der Waals surface area (Å²) in [6.07, 6.45) is 1.60. The normalized spacial score (nSPS) is 14.9. The molecule has 0 saturated heterocycles. The molecule has 0 aliphatic heterocycles. The predicted octanol–water partition coefficient (Wildman–Crippen LogP) is 1.55. The average molecular weight is 241 g/mol. The highest BCUT2D eigenvalue weighted by molar-refractivity contribution is 7.13. The molecule has 90 valence electrons. The van der Waals surface area contributed by atoms with Gasteiger partial charge >= 0.3 is 0 Å². The van der Waals surface area contributed by atoms with Crippen LogP contribution in [-0.4, -0.2) is 23.0 Å². The van der Waals surface area contributed by atoms with E-state index in [-0.39, 0.29) is 17.4 Å². The molecule has 0 aliphatic carbocycles. The lowest BCUT2D eigenvalue weighted by Gasteiger charge is -2.33. The van der Waals surface area contributed by atoms with Crippen molar-refractivity contribution < 1.29 is 4.79 Å². The minimum atomic E-state index is -0.366. The summed E-state index contributed by atoms with van der Waals surface area (Å²) in [5, 5.41) is 3.87. The van der Waals surface area contributed by atoms with Crippen molar-refractivity contribution >= 4 is 17.2 Å². The summed E-state index contributed by atoms with van der Waals surface area (Å²) in [7, 11) is 0. The standard InChI is InChI=1S/C11H19N3OS/c1-7(2)11(4,6-12)14-10(15)9-5-13-8(3)16-9/h5,7H,6,12H2,1-4H3,(H,14,15). The number of carbonyl (C=O) groups is 1. The first kappa shape index (κ1) is 13.1. The van der Waals surface area contributed by atoms with Crippen molar-refractivity contribution in [2.45, 2.75) is 33.2 Å². The van der Waals surface area contributed by atoms with Crippen LogP contribution in [0.25, 0.3) is 0 Å². The fraction of sp³-hybridized carbons (Fsp3) is 0.636. The number of hydrogen-bond acceptors (Lipinski definition) is 4. The fourth-order valence-corrected chi connectivity index (χ4v) is 1.89. The van der Waals surface area contributed by atoms with E-state index < -0.39 is 0 Å². The summed E-state index contributed by atoms with van der Waals surface area (Å²) in [6.45, 7) is 8.36. The molecule has 0 radical (unpaired) electrons. The van der Waals surface area contributed by atoms with Gasteiger partial charge in [0.05, 0.1) is 16.7 Å². The number of thiazole rings is 1. The lowest BCUT2D eigenvalue weighted by atomic mass is 9.88. The van der Waals surface area contributed by atoms with E-state index in [4.69, 9.17) is 5.73 Å². The molecule has 1 aromatic rings. The van der Waals surface area contributed by atoms with Crippen LogP contribution in [0.2, 0.25) is 0 Å². The largest absolute Gasteiger partial charge is 0.345 e. The first-order chi connectivity index (χ1) is 7.39. The Morgan fingerprint density at radius 2 is 2.31 bits per heavy atom. The summed E-state index contributed by atoms with van der Waals surface area (Å²) in [6, 6.07) is 0. The van der Waals surface area contributed by atoms with Gasteiger partial charge in [0.15, 0.2) is 0 Å². The molecule has 16 heavy (non-hydrogen) atoms. The Hall–Kier alpha value is -0.940. The van der Waals surface area contributed by atoms with Gasteiger partial charge in [0.25, 0.3) is 5.91 Å². The average Bonchev–Trinajstić information content (AvgIpc) is 2.64. The summed E-state index contributed by atoms with van der Waals surface area (Å²) in [4.78, 5) is 16.6. The quantitative estimate of drug-likeness (QED) is 0.840. The van der Waals surface area contributed by atoms with Crippen molar-refractivity contribution in [3.05, 3.63) is 16.1 Å².